The molecular weight excluding hydrogens is 304 g/mol. The van der Waals surface area contributed by atoms with Crippen molar-refractivity contribution >= 4 is 21.7 Å². The van der Waals surface area contributed by atoms with E-state index in [4.69, 9.17) is 0 Å². The number of Topliss-reactive ketones (excluding diaryl/α,β-unsaturated/α-hetero) is 1. The summed E-state index contributed by atoms with van der Waals surface area (Å²) < 4.78 is 25.0. The van der Waals surface area contributed by atoms with E-state index in [1.807, 2.05) is 12.1 Å². The van der Waals surface area contributed by atoms with Gasteiger partial charge in [0.05, 0.1) is 6.54 Å². The zero-order valence-corrected chi connectivity index (χ0v) is 11.8. The summed E-state index contributed by atoms with van der Waals surface area (Å²) in [6.45, 7) is 0.263. The first kappa shape index (κ1) is 15.2. The van der Waals surface area contributed by atoms with Crippen LogP contribution in [0.25, 0.3) is 0 Å². The Kier molecular flexibility index (Phi) is 6.43. The highest BCUT2D eigenvalue weighted by Crippen LogP contribution is 2.12. The fourth-order valence-electron chi connectivity index (χ4n) is 1.62. The third-order valence-corrected chi connectivity index (χ3v) is 3.09. The Morgan fingerprint density at radius 2 is 1.94 bits per heavy atom. The lowest BCUT2D eigenvalue weighted by Gasteiger charge is -2.15. The summed E-state index contributed by atoms with van der Waals surface area (Å²) in [7, 11) is 1.64. The minimum atomic E-state index is -2.32. The van der Waals surface area contributed by atoms with Crippen LogP contribution in [0, 0.1) is 0 Å². The molecule has 0 saturated heterocycles. The molecule has 0 atom stereocenters. The van der Waals surface area contributed by atoms with E-state index in [0.29, 0.717) is 24.9 Å². The lowest BCUT2D eigenvalue weighted by atomic mass is 10.1. The largest absolute Gasteiger partial charge is 0.301 e. The highest BCUT2D eigenvalue weighted by molar-refractivity contribution is 9.10. The number of rotatable bonds is 7. The predicted molar refractivity (Wildman–Crippen MR) is 71.2 cm³/mol. The van der Waals surface area contributed by atoms with Crippen LogP contribution in [0.5, 0.6) is 0 Å². The zero-order chi connectivity index (χ0) is 13.5. The molecule has 0 heterocycles. The van der Waals surface area contributed by atoms with E-state index >= 15 is 0 Å². The number of nitrogens with zero attached hydrogens (tertiary/aromatic N) is 1. The van der Waals surface area contributed by atoms with Crippen molar-refractivity contribution < 1.29 is 13.6 Å². The van der Waals surface area contributed by atoms with Crippen LogP contribution in [-0.4, -0.2) is 37.2 Å². The molecular formula is C13H16BrF2NO. The number of hydrogen-bond acceptors (Lipinski definition) is 2. The molecule has 0 N–H and O–H groups in total. The third-order valence-electron chi connectivity index (χ3n) is 2.56. The molecule has 0 unspecified atom stereocenters. The summed E-state index contributed by atoms with van der Waals surface area (Å²) in [6.07, 6.45) is -1.34. The number of benzene rings is 1. The minimum Gasteiger partial charge on any atom is -0.301 e. The molecule has 0 aliphatic rings. The molecule has 1 rings (SSSR count). The molecule has 0 bridgehead atoms. The van der Waals surface area contributed by atoms with E-state index in [1.165, 1.54) is 0 Å². The summed E-state index contributed by atoms with van der Waals surface area (Å²) in [6, 6.07) is 7.15. The molecule has 0 aliphatic carbocycles. The Balaban J connectivity index is 2.31. The van der Waals surface area contributed by atoms with Crippen molar-refractivity contribution in [1.82, 2.24) is 4.90 Å². The van der Waals surface area contributed by atoms with Crippen LogP contribution in [0.4, 0.5) is 8.78 Å². The van der Waals surface area contributed by atoms with Crippen LogP contribution in [0.2, 0.25) is 0 Å². The minimum absolute atomic E-state index is 0.0490. The van der Waals surface area contributed by atoms with Crippen molar-refractivity contribution in [3.8, 4) is 0 Å². The average Bonchev–Trinajstić information content (AvgIpc) is 2.28. The summed E-state index contributed by atoms with van der Waals surface area (Å²) >= 11 is 3.30. The molecule has 2 nitrogen and oxygen atoms in total. The monoisotopic (exact) mass is 319 g/mol. The van der Waals surface area contributed by atoms with Crippen molar-refractivity contribution in [1.29, 1.82) is 0 Å². The van der Waals surface area contributed by atoms with Gasteiger partial charge in [0, 0.05) is 16.5 Å². The van der Waals surface area contributed by atoms with E-state index < -0.39 is 6.43 Å². The highest BCUT2D eigenvalue weighted by atomic mass is 79.9. The number of ketones is 1. The van der Waals surface area contributed by atoms with Crippen LogP contribution in [0.3, 0.4) is 0 Å². The normalized spacial score (nSPS) is 11.2. The molecule has 0 saturated carbocycles. The van der Waals surface area contributed by atoms with Gasteiger partial charge in [0.15, 0.2) is 5.78 Å². The van der Waals surface area contributed by atoms with Crippen molar-refractivity contribution in [2.24, 2.45) is 0 Å². The number of carbonyl (C=O) groups excluding carboxylic acids is 1. The lowest BCUT2D eigenvalue weighted by molar-refractivity contribution is 0.0937. The van der Waals surface area contributed by atoms with Crippen molar-refractivity contribution in [2.75, 3.05) is 20.1 Å². The van der Waals surface area contributed by atoms with Crippen LogP contribution in [0.1, 0.15) is 23.2 Å². The summed E-state index contributed by atoms with van der Waals surface area (Å²) in [4.78, 5) is 13.3. The van der Waals surface area contributed by atoms with Gasteiger partial charge in [0.2, 0.25) is 0 Å². The first-order valence-electron chi connectivity index (χ1n) is 5.74. The Labute approximate surface area is 114 Å². The molecule has 0 aliphatic heterocycles. The second-order valence-electron chi connectivity index (χ2n) is 4.19. The molecule has 5 heteroatoms. The molecule has 100 valence electrons. The molecule has 0 aromatic heterocycles. The molecule has 1 aromatic carbocycles. The second kappa shape index (κ2) is 7.59. The maximum absolute atomic E-state index is 12.1. The van der Waals surface area contributed by atoms with Gasteiger partial charge in [-0.1, -0.05) is 28.1 Å². The average molecular weight is 320 g/mol. The Bertz CT molecular complexity index is 381. The second-order valence-corrected chi connectivity index (χ2v) is 5.10. The van der Waals surface area contributed by atoms with Gasteiger partial charge in [-0.2, -0.15) is 0 Å². The quantitative estimate of drug-likeness (QED) is 0.716. The number of alkyl halides is 2. The van der Waals surface area contributed by atoms with E-state index in [1.54, 1.807) is 24.1 Å². The van der Waals surface area contributed by atoms with Gasteiger partial charge in [-0.15, -0.1) is 0 Å². The van der Waals surface area contributed by atoms with E-state index in [-0.39, 0.29) is 12.3 Å². The van der Waals surface area contributed by atoms with E-state index in [2.05, 4.69) is 15.9 Å². The Hall–Kier alpha value is -0.810. The first-order chi connectivity index (χ1) is 8.49. The van der Waals surface area contributed by atoms with Crippen molar-refractivity contribution in [3.63, 3.8) is 0 Å². The summed E-state index contributed by atoms with van der Waals surface area (Å²) in [5, 5.41) is 0. The lowest BCUT2D eigenvalue weighted by Crippen LogP contribution is -2.26. The first-order valence-corrected chi connectivity index (χ1v) is 6.54. The maximum Gasteiger partial charge on any atom is 0.251 e. The van der Waals surface area contributed by atoms with Crippen molar-refractivity contribution in [3.05, 3.63) is 34.3 Å². The molecule has 0 amide bonds. The van der Waals surface area contributed by atoms with E-state index in [9.17, 15) is 13.6 Å². The molecule has 0 fully saturated rings. The molecule has 0 spiro atoms. The smallest absolute Gasteiger partial charge is 0.251 e. The third kappa shape index (κ3) is 5.69. The fourth-order valence-corrected chi connectivity index (χ4v) is 1.88. The maximum atomic E-state index is 12.1. The van der Waals surface area contributed by atoms with Gasteiger partial charge in [-0.3, -0.25) is 4.79 Å². The summed E-state index contributed by atoms with van der Waals surface area (Å²) in [5.41, 5.74) is 0.662. The van der Waals surface area contributed by atoms with Gasteiger partial charge in [-0.25, -0.2) is 8.78 Å². The molecule has 0 radical (unpaired) electrons. The van der Waals surface area contributed by atoms with Gasteiger partial charge in [-0.05, 0) is 32.1 Å². The fraction of sp³-hybridized carbons (Fsp3) is 0.462. The van der Waals surface area contributed by atoms with Gasteiger partial charge < -0.3 is 4.90 Å². The zero-order valence-electron chi connectivity index (χ0n) is 10.2. The molecule has 1 aromatic rings. The van der Waals surface area contributed by atoms with Gasteiger partial charge in [0.1, 0.15) is 0 Å². The number of halogens is 3. The Morgan fingerprint density at radius 1 is 1.33 bits per heavy atom. The number of carbonyl (C=O) groups is 1. The SMILES string of the molecule is CN(CCCC(=O)c1ccc(Br)cc1)CC(F)F. The van der Waals surface area contributed by atoms with Crippen LogP contribution in [0.15, 0.2) is 28.7 Å². The standard InChI is InChI=1S/C13H16BrF2NO/c1-17(9-13(15)16)8-2-3-12(18)10-4-6-11(14)7-5-10/h4-7,13H,2-3,8-9H2,1H3. The van der Waals surface area contributed by atoms with E-state index in [0.717, 1.165) is 4.47 Å². The van der Waals surface area contributed by atoms with Crippen LogP contribution < -0.4 is 0 Å². The predicted octanol–water partition coefficient (Wildman–Crippen LogP) is 3.61. The van der Waals surface area contributed by atoms with Gasteiger partial charge >= 0.3 is 0 Å². The Morgan fingerprint density at radius 3 is 2.50 bits per heavy atom. The highest BCUT2D eigenvalue weighted by Gasteiger charge is 2.09. The van der Waals surface area contributed by atoms with Crippen LogP contribution in [-0.2, 0) is 0 Å². The molecule has 18 heavy (non-hydrogen) atoms. The van der Waals surface area contributed by atoms with Crippen LogP contribution >= 0.6 is 15.9 Å². The van der Waals surface area contributed by atoms with Crippen molar-refractivity contribution in [2.45, 2.75) is 19.3 Å². The van der Waals surface area contributed by atoms with Gasteiger partial charge in [0.25, 0.3) is 6.43 Å². The summed E-state index contributed by atoms with van der Waals surface area (Å²) in [5.74, 6) is 0.0490. The topological polar surface area (TPSA) is 20.3 Å². The number of hydrogen-bond donors (Lipinski definition) is 0.